The van der Waals surface area contributed by atoms with Gasteiger partial charge in [0, 0.05) is 38.7 Å². The van der Waals surface area contributed by atoms with Crippen molar-refractivity contribution in [2.75, 3.05) is 46.6 Å². The molecule has 1 aliphatic heterocycles. The van der Waals surface area contributed by atoms with Crippen LogP contribution in [0.2, 0.25) is 0 Å². The third-order valence-electron chi connectivity index (χ3n) is 4.57. The normalized spacial score (nSPS) is 16.3. The molecule has 0 bridgehead atoms. The molecular formula is C20H32IN3O3. The molecule has 3 rings (SSSR count). The molecule has 1 aromatic rings. The van der Waals surface area contributed by atoms with E-state index in [1.807, 2.05) is 19.2 Å². The van der Waals surface area contributed by atoms with Gasteiger partial charge in [0.25, 0.3) is 0 Å². The molecule has 6 nitrogen and oxygen atoms in total. The van der Waals surface area contributed by atoms with Crippen molar-refractivity contribution in [1.29, 1.82) is 0 Å². The lowest BCUT2D eigenvalue weighted by molar-refractivity contribution is 0.115. The van der Waals surface area contributed by atoms with Gasteiger partial charge in [0.2, 0.25) is 0 Å². The smallest absolute Gasteiger partial charge is 0.194 e. The van der Waals surface area contributed by atoms with Crippen molar-refractivity contribution in [3.05, 3.63) is 23.8 Å². The molecule has 1 N–H and O–H groups in total. The Hall–Kier alpha value is -1.22. The van der Waals surface area contributed by atoms with Gasteiger partial charge in [-0.2, -0.15) is 0 Å². The highest BCUT2D eigenvalue weighted by atomic mass is 127. The predicted molar refractivity (Wildman–Crippen MR) is 118 cm³/mol. The first-order chi connectivity index (χ1) is 12.8. The lowest BCUT2D eigenvalue weighted by Crippen LogP contribution is -2.40. The zero-order valence-corrected chi connectivity index (χ0v) is 18.7. The summed E-state index contributed by atoms with van der Waals surface area (Å²) in [5.74, 6) is 3.34. The number of guanidine groups is 1. The number of halogens is 1. The lowest BCUT2D eigenvalue weighted by Gasteiger charge is -2.22. The van der Waals surface area contributed by atoms with Crippen LogP contribution in [0.5, 0.6) is 11.5 Å². The van der Waals surface area contributed by atoms with E-state index in [9.17, 15) is 0 Å². The van der Waals surface area contributed by atoms with E-state index in [0.717, 1.165) is 61.7 Å². The molecule has 0 aromatic heterocycles. The number of nitrogens with zero attached hydrogens (tertiary/aromatic N) is 2. The Morgan fingerprint density at radius 1 is 1.30 bits per heavy atom. The van der Waals surface area contributed by atoms with Crippen LogP contribution in [-0.2, 0) is 11.3 Å². The van der Waals surface area contributed by atoms with Crippen molar-refractivity contribution in [2.24, 2.45) is 10.9 Å². The second-order valence-electron chi connectivity index (χ2n) is 6.90. The number of para-hydroxylation sites is 1. The van der Waals surface area contributed by atoms with E-state index < -0.39 is 0 Å². The van der Waals surface area contributed by atoms with Crippen molar-refractivity contribution < 1.29 is 14.2 Å². The molecule has 1 heterocycles. The summed E-state index contributed by atoms with van der Waals surface area (Å²) in [4.78, 5) is 6.91. The number of nitrogens with one attached hydrogen (secondary N) is 1. The predicted octanol–water partition coefficient (Wildman–Crippen LogP) is 3.29. The minimum absolute atomic E-state index is 0. The molecule has 0 saturated heterocycles. The molecule has 0 unspecified atom stereocenters. The largest absolute Gasteiger partial charge is 0.490 e. The Bertz CT molecular complexity index is 608. The second kappa shape index (κ2) is 11.6. The Kier molecular flexibility index (Phi) is 9.47. The zero-order valence-electron chi connectivity index (χ0n) is 16.4. The van der Waals surface area contributed by atoms with Crippen molar-refractivity contribution in [2.45, 2.75) is 32.7 Å². The fourth-order valence-electron chi connectivity index (χ4n) is 2.85. The van der Waals surface area contributed by atoms with Crippen LogP contribution < -0.4 is 14.8 Å². The maximum absolute atomic E-state index is 5.89. The van der Waals surface area contributed by atoms with Crippen LogP contribution in [0.3, 0.4) is 0 Å². The van der Waals surface area contributed by atoms with E-state index in [1.54, 1.807) is 0 Å². The average Bonchev–Trinajstić information content (AvgIpc) is 3.48. The summed E-state index contributed by atoms with van der Waals surface area (Å²) in [5.41, 5.74) is 1.05. The monoisotopic (exact) mass is 489 g/mol. The van der Waals surface area contributed by atoms with Crippen LogP contribution in [-0.4, -0.2) is 57.4 Å². The molecule has 7 heteroatoms. The number of benzene rings is 1. The Balaban J connectivity index is 0.00000261. The molecule has 2 aliphatic rings. The van der Waals surface area contributed by atoms with Crippen molar-refractivity contribution in [1.82, 2.24) is 10.2 Å². The molecule has 27 heavy (non-hydrogen) atoms. The first kappa shape index (κ1) is 22.1. The number of hydrogen-bond acceptors (Lipinski definition) is 4. The van der Waals surface area contributed by atoms with Gasteiger partial charge in [-0.1, -0.05) is 12.1 Å². The summed E-state index contributed by atoms with van der Waals surface area (Å²) >= 11 is 0. The molecule has 1 aromatic carbocycles. The van der Waals surface area contributed by atoms with Gasteiger partial charge in [0.1, 0.15) is 0 Å². The topological polar surface area (TPSA) is 55.3 Å². The van der Waals surface area contributed by atoms with Crippen molar-refractivity contribution >= 4 is 29.9 Å². The molecular weight excluding hydrogens is 457 g/mol. The standard InChI is InChI=1S/C20H31N3O3.HI/c1-3-21-20(23(2)10-13-24-15-16-8-9-16)22-14-17-6-4-7-18-19(17)26-12-5-11-25-18;/h4,6-7,16H,3,5,8-15H2,1-2H3,(H,21,22);1H. The maximum Gasteiger partial charge on any atom is 0.194 e. The molecule has 152 valence electrons. The molecule has 1 fully saturated rings. The van der Waals surface area contributed by atoms with E-state index in [-0.39, 0.29) is 24.0 Å². The third-order valence-corrected chi connectivity index (χ3v) is 4.57. The first-order valence-corrected chi connectivity index (χ1v) is 9.72. The molecule has 0 spiro atoms. The number of ether oxygens (including phenoxy) is 3. The molecule has 0 amide bonds. The number of hydrogen-bond donors (Lipinski definition) is 1. The summed E-state index contributed by atoms with van der Waals surface area (Å²) in [7, 11) is 2.05. The Morgan fingerprint density at radius 2 is 2.11 bits per heavy atom. The quantitative estimate of drug-likeness (QED) is 0.263. The number of rotatable bonds is 8. The Labute approximate surface area is 179 Å². The molecule has 1 saturated carbocycles. The fraction of sp³-hybridized carbons (Fsp3) is 0.650. The molecule has 0 atom stereocenters. The van der Waals surface area contributed by atoms with E-state index in [1.165, 1.54) is 12.8 Å². The zero-order chi connectivity index (χ0) is 18.2. The van der Waals surface area contributed by atoms with Gasteiger partial charge in [-0.15, -0.1) is 24.0 Å². The minimum atomic E-state index is 0. The summed E-state index contributed by atoms with van der Waals surface area (Å²) in [6.45, 7) is 7.31. The van der Waals surface area contributed by atoms with Crippen LogP contribution in [0.4, 0.5) is 0 Å². The Morgan fingerprint density at radius 3 is 2.89 bits per heavy atom. The highest BCUT2D eigenvalue weighted by molar-refractivity contribution is 14.0. The van der Waals surface area contributed by atoms with Crippen molar-refractivity contribution in [3.8, 4) is 11.5 Å². The fourth-order valence-corrected chi connectivity index (χ4v) is 2.85. The van der Waals surface area contributed by atoms with Gasteiger partial charge in [-0.05, 0) is 31.7 Å². The van der Waals surface area contributed by atoms with E-state index in [4.69, 9.17) is 19.2 Å². The van der Waals surface area contributed by atoms with Crippen LogP contribution in [0.25, 0.3) is 0 Å². The first-order valence-electron chi connectivity index (χ1n) is 9.72. The minimum Gasteiger partial charge on any atom is -0.490 e. The number of likely N-dealkylation sites (N-methyl/N-ethyl adjacent to an activating group) is 1. The SMILES string of the molecule is CCNC(=NCc1cccc2c1OCCCO2)N(C)CCOCC1CC1.I. The van der Waals surface area contributed by atoms with E-state index in [2.05, 4.69) is 23.2 Å². The maximum atomic E-state index is 5.89. The third kappa shape index (κ3) is 7.03. The van der Waals surface area contributed by atoms with Gasteiger partial charge >= 0.3 is 0 Å². The highest BCUT2D eigenvalue weighted by Crippen LogP contribution is 2.33. The van der Waals surface area contributed by atoms with Crippen LogP contribution in [0.15, 0.2) is 23.2 Å². The van der Waals surface area contributed by atoms with Gasteiger partial charge < -0.3 is 24.4 Å². The van der Waals surface area contributed by atoms with Crippen LogP contribution in [0, 0.1) is 5.92 Å². The van der Waals surface area contributed by atoms with Gasteiger partial charge in [-0.25, -0.2) is 4.99 Å². The highest BCUT2D eigenvalue weighted by Gasteiger charge is 2.21. The van der Waals surface area contributed by atoms with E-state index in [0.29, 0.717) is 19.8 Å². The van der Waals surface area contributed by atoms with Crippen LogP contribution in [0.1, 0.15) is 31.7 Å². The number of aliphatic imine (C=N–C) groups is 1. The lowest BCUT2D eigenvalue weighted by atomic mass is 10.2. The summed E-state index contributed by atoms with van der Waals surface area (Å²) in [6.07, 6.45) is 3.56. The van der Waals surface area contributed by atoms with Gasteiger partial charge in [-0.3, -0.25) is 0 Å². The van der Waals surface area contributed by atoms with Crippen molar-refractivity contribution in [3.63, 3.8) is 0 Å². The van der Waals surface area contributed by atoms with E-state index >= 15 is 0 Å². The summed E-state index contributed by atoms with van der Waals surface area (Å²) < 4.78 is 17.4. The summed E-state index contributed by atoms with van der Waals surface area (Å²) in [5, 5.41) is 3.36. The van der Waals surface area contributed by atoms with Crippen LogP contribution >= 0.6 is 24.0 Å². The summed E-state index contributed by atoms with van der Waals surface area (Å²) in [6, 6.07) is 6.02. The average molecular weight is 489 g/mol. The molecule has 0 radical (unpaired) electrons. The second-order valence-corrected chi connectivity index (χ2v) is 6.90. The van der Waals surface area contributed by atoms with Gasteiger partial charge in [0.05, 0.1) is 26.4 Å². The van der Waals surface area contributed by atoms with Gasteiger partial charge in [0.15, 0.2) is 17.5 Å². The number of fused-ring (bicyclic) bond motifs is 1. The molecule has 1 aliphatic carbocycles.